The lowest BCUT2D eigenvalue weighted by atomic mass is 10.0. The van der Waals surface area contributed by atoms with Crippen molar-refractivity contribution < 1.29 is 38.0 Å². The summed E-state index contributed by atoms with van der Waals surface area (Å²) in [5, 5.41) is 3.61. The number of ether oxygens (including phenoxy) is 7. The van der Waals surface area contributed by atoms with Crippen LogP contribution >= 0.6 is 0 Å². The number of aromatic nitrogens is 8. The molecule has 10 heterocycles. The first-order chi connectivity index (χ1) is 35.4. The van der Waals surface area contributed by atoms with Gasteiger partial charge in [-0.2, -0.15) is 9.97 Å². The number of nitrogens with one attached hydrogen (secondary N) is 1. The molecule has 10 rings (SSSR count). The van der Waals surface area contributed by atoms with E-state index in [-0.39, 0.29) is 23.3 Å². The molecule has 73 heavy (non-hydrogen) atoms. The lowest BCUT2D eigenvalue weighted by Gasteiger charge is -2.39. The fourth-order valence-electron chi connectivity index (χ4n) is 9.25. The van der Waals surface area contributed by atoms with E-state index in [0.29, 0.717) is 122 Å². The highest BCUT2D eigenvalue weighted by molar-refractivity contribution is 5.71. The van der Waals surface area contributed by atoms with E-state index in [4.69, 9.17) is 33.2 Å². The molecule has 0 bridgehead atoms. The summed E-state index contributed by atoms with van der Waals surface area (Å²) in [6.07, 6.45) is 9.33. The second-order valence-electron chi connectivity index (χ2n) is 19.2. The van der Waals surface area contributed by atoms with Crippen LogP contribution in [0.3, 0.4) is 0 Å². The van der Waals surface area contributed by atoms with E-state index < -0.39 is 5.60 Å². The van der Waals surface area contributed by atoms with Crippen LogP contribution in [0.2, 0.25) is 0 Å². The van der Waals surface area contributed by atoms with Gasteiger partial charge in [0.05, 0.1) is 56.9 Å². The minimum atomic E-state index is -0.618. The Hall–Kier alpha value is -7.17. The molecule has 388 valence electrons. The molecule has 0 aliphatic carbocycles. The van der Waals surface area contributed by atoms with Crippen LogP contribution in [-0.2, 0) is 30.9 Å². The first-order valence-electron chi connectivity index (χ1n) is 24.9. The molecule has 22 nitrogen and oxygen atoms in total. The van der Waals surface area contributed by atoms with Crippen molar-refractivity contribution in [1.82, 2.24) is 59.1 Å². The smallest absolute Gasteiger partial charge is 0.410 e. The third-order valence-corrected chi connectivity index (χ3v) is 13.1. The van der Waals surface area contributed by atoms with Crippen molar-refractivity contribution in [3.63, 3.8) is 0 Å². The molecular weight excluding hydrogens is 941 g/mol. The van der Waals surface area contributed by atoms with Gasteiger partial charge in [-0.1, -0.05) is 0 Å². The van der Waals surface area contributed by atoms with E-state index in [1.165, 1.54) is 12.4 Å². The minimum absolute atomic E-state index is 0.0171. The molecule has 2 saturated heterocycles. The largest absolute Gasteiger partial charge is 0.486 e. The SMILES string of the molecule is COc1ccc2ncc(=O)n(CCN3CCC(N(Cc4cc5c(cn4)OCCO5)C(=O)OC(C)(C)C)CC3)c2n1.COc1ccc2ncc(=O)n(CCN3CCC(NCc4cc5c(cn4)OCCO5)CC3)c2n1. The quantitative estimate of drug-likeness (QED) is 0.162. The van der Waals surface area contributed by atoms with Gasteiger partial charge in [0.25, 0.3) is 11.1 Å². The van der Waals surface area contributed by atoms with E-state index in [1.54, 1.807) is 58.8 Å². The Morgan fingerprint density at radius 1 is 0.644 bits per heavy atom. The van der Waals surface area contributed by atoms with Crippen LogP contribution in [0.15, 0.2) is 70.8 Å². The van der Waals surface area contributed by atoms with Crippen molar-refractivity contribution in [2.24, 2.45) is 0 Å². The maximum atomic E-state index is 13.3. The first-order valence-corrected chi connectivity index (χ1v) is 24.9. The molecule has 4 aliphatic rings. The fraction of sp³-hybridized carbons (Fsp3) is 0.510. The molecule has 6 aromatic rings. The lowest BCUT2D eigenvalue weighted by molar-refractivity contribution is 0.00528. The molecule has 0 atom stereocenters. The summed E-state index contributed by atoms with van der Waals surface area (Å²) < 4.78 is 42.0. The Labute approximate surface area is 422 Å². The van der Waals surface area contributed by atoms with Gasteiger partial charge in [0, 0.05) is 82.2 Å². The minimum Gasteiger partial charge on any atom is -0.486 e. The van der Waals surface area contributed by atoms with Crippen molar-refractivity contribution in [1.29, 1.82) is 0 Å². The molecule has 6 aromatic heterocycles. The van der Waals surface area contributed by atoms with Gasteiger partial charge >= 0.3 is 6.09 Å². The molecule has 0 saturated carbocycles. The van der Waals surface area contributed by atoms with Crippen molar-refractivity contribution in [3.8, 4) is 34.8 Å². The third-order valence-electron chi connectivity index (χ3n) is 13.1. The third kappa shape index (κ3) is 12.9. The topological polar surface area (TPSA) is 225 Å². The Kier molecular flexibility index (Phi) is 16.1. The fourth-order valence-corrected chi connectivity index (χ4v) is 9.25. The molecular formula is C51H64N12O10. The second kappa shape index (κ2) is 23.1. The summed E-state index contributed by atoms with van der Waals surface area (Å²) in [5.41, 5.74) is 3.09. The summed E-state index contributed by atoms with van der Waals surface area (Å²) in [7, 11) is 3.11. The number of likely N-dealkylation sites (tertiary alicyclic amines) is 2. The Bertz CT molecular complexity index is 2990. The Balaban J connectivity index is 0.000000183. The van der Waals surface area contributed by atoms with Crippen molar-refractivity contribution in [3.05, 3.63) is 93.3 Å². The van der Waals surface area contributed by atoms with Crippen LogP contribution in [0.1, 0.15) is 57.8 Å². The van der Waals surface area contributed by atoms with E-state index >= 15 is 0 Å². The number of rotatable bonds is 14. The maximum Gasteiger partial charge on any atom is 0.410 e. The number of pyridine rings is 4. The average molecular weight is 1010 g/mol. The predicted octanol–water partition coefficient (Wildman–Crippen LogP) is 4.09. The number of amides is 1. The summed E-state index contributed by atoms with van der Waals surface area (Å²) >= 11 is 0. The van der Waals surface area contributed by atoms with Crippen LogP contribution in [-0.4, -0.2) is 157 Å². The van der Waals surface area contributed by atoms with Gasteiger partial charge in [-0.05, 0) is 71.7 Å². The molecule has 1 N–H and O–H groups in total. The number of nitrogens with zero attached hydrogens (tertiary/aromatic N) is 11. The predicted molar refractivity (Wildman–Crippen MR) is 269 cm³/mol. The number of fused-ring (bicyclic) bond motifs is 4. The summed E-state index contributed by atoms with van der Waals surface area (Å²) in [5.74, 6) is 3.65. The number of methoxy groups -OCH3 is 2. The molecule has 1 amide bonds. The molecule has 0 aromatic carbocycles. The zero-order valence-corrected chi connectivity index (χ0v) is 42.2. The van der Waals surface area contributed by atoms with Crippen LogP contribution < -0.4 is 44.9 Å². The maximum absolute atomic E-state index is 13.3. The summed E-state index contributed by atoms with van der Waals surface area (Å²) in [6, 6.07) is 11.3. The van der Waals surface area contributed by atoms with E-state index in [2.05, 4.69) is 45.0 Å². The van der Waals surface area contributed by atoms with E-state index in [1.807, 2.05) is 39.0 Å². The van der Waals surface area contributed by atoms with Crippen molar-refractivity contribution in [2.75, 3.05) is 79.9 Å². The van der Waals surface area contributed by atoms with Gasteiger partial charge in [0.1, 0.15) is 43.1 Å². The number of hydrogen-bond donors (Lipinski definition) is 1. The Morgan fingerprint density at radius 3 is 1.63 bits per heavy atom. The standard InChI is InChI=1S/C28H36N6O6.C23H28N6O4/c1-28(2,3)40-27(36)34(18-19-15-22-23(16-29-19)39-14-13-38-22)20-7-9-32(10-8-20)11-12-33-25(35)17-30-21-5-6-24(37-4)31-26(21)33;1-31-21-3-2-18-23(27-21)29(22(30)15-26-18)9-8-28-6-4-16(5-7-28)24-13-17-12-19-20(14-25-17)33-11-10-32-19/h5-6,15-17,20H,7-14,18H2,1-4H3;2-3,12,14-16,24H,4-11,13H2,1H3. The summed E-state index contributed by atoms with van der Waals surface area (Å²) in [6.45, 7) is 14.7. The average Bonchev–Trinajstić information content (AvgIpc) is 3.41. The van der Waals surface area contributed by atoms with Crippen LogP contribution in [0.5, 0.6) is 34.8 Å². The highest BCUT2D eigenvalue weighted by Crippen LogP contribution is 2.32. The second-order valence-corrected chi connectivity index (χ2v) is 19.2. The number of carbonyl (C=O) groups excluding carboxylic acids is 1. The highest BCUT2D eigenvalue weighted by Gasteiger charge is 2.32. The summed E-state index contributed by atoms with van der Waals surface area (Å²) in [4.78, 5) is 71.1. The molecule has 0 unspecified atom stereocenters. The van der Waals surface area contributed by atoms with Gasteiger partial charge in [0.15, 0.2) is 34.3 Å². The van der Waals surface area contributed by atoms with Crippen molar-refractivity contribution in [2.45, 2.75) is 90.3 Å². The van der Waals surface area contributed by atoms with Gasteiger partial charge in [0.2, 0.25) is 11.8 Å². The monoisotopic (exact) mass is 1000 g/mol. The first kappa shape index (κ1) is 50.8. The lowest BCUT2D eigenvalue weighted by Crippen LogP contribution is -2.49. The number of piperidine rings is 2. The van der Waals surface area contributed by atoms with Gasteiger partial charge in [-0.25, -0.2) is 14.8 Å². The van der Waals surface area contributed by atoms with Crippen LogP contribution in [0.25, 0.3) is 22.3 Å². The highest BCUT2D eigenvalue weighted by atomic mass is 16.6. The number of hydrogen-bond acceptors (Lipinski definition) is 19. The van der Waals surface area contributed by atoms with E-state index in [9.17, 15) is 14.4 Å². The van der Waals surface area contributed by atoms with Crippen LogP contribution in [0, 0.1) is 0 Å². The molecule has 0 radical (unpaired) electrons. The van der Waals surface area contributed by atoms with Crippen LogP contribution in [0.4, 0.5) is 4.79 Å². The molecule has 4 aliphatic heterocycles. The zero-order chi connectivity index (χ0) is 50.9. The molecule has 0 spiro atoms. The van der Waals surface area contributed by atoms with Crippen molar-refractivity contribution >= 4 is 28.4 Å². The normalized spacial score (nSPS) is 16.4. The number of carbonyl (C=O) groups is 1. The zero-order valence-electron chi connectivity index (χ0n) is 42.2. The Morgan fingerprint density at radius 2 is 1.12 bits per heavy atom. The molecule has 2 fully saturated rings. The van der Waals surface area contributed by atoms with Gasteiger partial charge in [-0.3, -0.25) is 33.6 Å². The molecule has 22 heteroatoms. The van der Waals surface area contributed by atoms with E-state index in [0.717, 1.165) is 69.9 Å². The van der Waals surface area contributed by atoms with Gasteiger partial charge in [-0.15, -0.1) is 0 Å². The van der Waals surface area contributed by atoms with Gasteiger partial charge < -0.3 is 48.3 Å².